The number of imide groups is 1. The topological polar surface area (TPSA) is 150 Å². The maximum atomic E-state index is 12.9. The van der Waals surface area contributed by atoms with Crippen molar-refractivity contribution in [1.29, 1.82) is 0 Å². The summed E-state index contributed by atoms with van der Waals surface area (Å²) in [6, 6.07) is 4.57. The van der Waals surface area contributed by atoms with Crippen molar-refractivity contribution in [2.45, 2.75) is 63.2 Å². The predicted molar refractivity (Wildman–Crippen MR) is 121 cm³/mol. The Morgan fingerprint density at radius 2 is 1.85 bits per heavy atom. The van der Waals surface area contributed by atoms with E-state index < -0.39 is 41.5 Å². The first-order valence-corrected chi connectivity index (χ1v) is 12.9. The quantitative estimate of drug-likeness (QED) is 0.355. The van der Waals surface area contributed by atoms with Gasteiger partial charge >= 0.3 is 13.1 Å². The highest BCUT2D eigenvalue weighted by Crippen LogP contribution is 2.70. The fraction of sp³-hybridized carbons (Fsp3) is 0.591. The van der Waals surface area contributed by atoms with Crippen LogP contribution in [0.4, 0.5) is 0 Å². The zero-order chi connectivity index (χ0) is 25.1. The SMILES string of the molecule is CC1CCC2CC1(c1ccc(S(=O)(=O)NCC(=O)ON3C(=O)CCC3=O)c(B(O)O)c1)C2(C)C. The molecule has 3 aliphatic carbocycles. The molecule has 12 heteroatoms. The molecule has 4 aliphatic rings. The van der Waals surface area contributed by atoms with E-state index in [1.165, 1.54) is 6.07 Å². The van der Waals surface area contributed by atoms with Gasteiger partial charge in [-0.15, -0.1) is 5.06 Å². The molecule has 1 aromatic carbocycles. The van der Waals surface area contributed by atoms with Crippen molar-refractivity contribution in [2.75, 3.05) is 6.54 Å². The van der Waals surface area contributed by atoms with Crippen LogP contribution in [0.3, 0.4) is 0 Å². The lowest BCUT2D eigenvalue weighted by Gasteiger charge is -2.69. The van der Waals surface area contributed by atoms with Crippen molar-refractivity contribution in [3.05, 3.63) is 23.8 Å². The summed E-state index contributed by atoms with van der Waals surface area (Å²) in [7, 11) is -6.40. The lowest BCUT2D eigenvalue weighted by Crippen LogP contribution is -2.64. The lowest BCUT2D eigenvalue weighted by atomic mass is 9.35. The van der Waals surface area contributed by atoms with Crippen molar-refractivity contribution in [1.82, 2.24) is 9.79 Å². The summed E-state index contributed by atoms with van der Waals surface area (Å²) in [6.07, 6.45) is 2.99. The first kappa shape index (κ1) is 24.8. The number of carbonyl (C=O) groups is 3. The summed E-state index contributed by atoms with van der Waals surface area (Å²) in [6.45, 7) is 5.75. The van der Waals surface area contributed by atoms with Crippen molar-refractivity contribution < 1.29 is 37.7 Å². The molecule has 1 aromatic rings. The zero-order valence-corrected chi connectivity index (χ0v) is 20.2. The van der Waals surface area contributed by atoms with Crippen LogP contribution in [0.15, 0.2) is 23.1 Å². The van der Waals surface area contributed by atoms with E-state index in [0.29, 0.717) is 16.9 Å². The van der Waals surface area contributed by atoms with Gasteiger partial charge in [-0.05, 0) is 48.1 Å². The Labute approximate surface area is 198 Å². The van der Waals surface area contributed by atoms with Crippen LogP contribution >= 0.6 is 0 Å². The number of nitrogens with zero attached hydrogens (tertiary/aromatic N) is 1. The highest BCUT2D eigenvalue weighted by molar-refractivity contribution is 7.89. The minimum atomic E-state index is -4.35. The van der Waals surface area contributed by atoms with Crippen LogP contribution in [0.1, 0.15) is 58.4 Å². The first-order chi connectivity index (χ1) is 15.8. The molecular formula is C22H29BN2O8S. The second-order valence-electron chi connectivity index (χ2n) is 10.1. The fourth-order valence-electron chi connectivity index (χ4n) is 6.21. The number of fused-ring (bicyclic) bond motifs is 2. The van der Waals surface area contributed by atoms with Gasteiger partial charge in [-0.2, -0.15) is 4.72 Å². The summed E-state index contributed by atoms with van der Waals surface area (Å²) in [5, 5.41) is 20.3. The Bertz CT molecular complexity index is 1140. The molecule has 2 bridgehead atoms. The van der Waals surface area contributed by atoms with Crippen LogP contribution in [0.5, 0.6) is 0 Å². The minimum Gasteiger partial charge on any atom is -0.423 e. The summed E-state index contributed by atoms with van der Waals surface area (Å²) >= 11 is 0. The number of rotatable bonds is 7. The molecule has 0 spiro atoms. The van der Waals surface area contributed by atoms with Gasteiger partial charge in [0.2, 0.25) is 10.0 Å². The standard InChI is InChI=1S/C22H29BN2O8S/c1-13-4-5-15-11-22(13,21(15,2)3)14-6-7-17(16(10-14)23(29)30)34(31,32)24-12-20(28)33-25-18(26)8-9-19(25)27/h6-7,10,13,15,24,29-30H,4-5,8-9,11-12H2,1-3H3. The predicted octanol–water partition coefficient (Wildman–Crippen LogP) is -0.0343. The molecule has 184 valence electrons. The molecule has 1 saturated heterocycles. The summed E-state index contributed by atoms with van der Waals surface area (Å²) in [5.41, 5.74) is 0.492. The number of sulfonamides is 1. The average molecular weight is 492 g/mol. The number of carbonyl (C=O) groups excluding carboxylic acids is 3. The van der Waals surface area contributed by atoms with Crippen molar-refractivity contribution in [2.24, 2.45) is 17.3 Å². The number of hydrogen-bond acceptors (Lipinski definition) is 8. The third kappa shape index (κ3) is 3.76. The zero-order valence-electron chi connectivity index (χ0n) is 19.4. The summed E-state index contributed by atoms with van der Waals surface area (Å²) < 4.78 is 27.9. The summed E-state index contributed by atoms with van der Waals surface area (Å²) in [4.78, 5) is 39.4. The van der Waals surface area contributed by atoms with E-state index in [0.717, 1.165) is 24.8 Å². The average Bonchev–Trinajstić information content (AvgIpc) is 3.09. The van der Waals surface area contributed by atoms with Gasteiger partial charge in [0.1, 0.15) is 6.54 Å². The molecule has 0 aromatic heterocycles. The van der Waals surface area contributed by atoms with Gasteiger partial charge in [-0.3, -0.25) is 9.59 Å². The molecule has 3 unspecified atom stereocenters. The monoisotopic (exact) mass is 492 g/mol. The lowest BCUT2D eigenvalue weighted by molar-refractivity contribution is -0.196. The van der Waals surface area contributed by atoms with Crippen molar-refractivity contribution in [3.8, 4) is 0 Å². The molecule has 3 saturated carbocycles. The van der Waals surface area contributed by atoms with Gasteiger partial charge in [-0.25, -0.2) is 13.2 Å². The maximum Gasteiger partial charge on any atom is 0.489 e. The molecule has 3 atom stereocenters. The molecule has 2 amide bonds. The van der Waals surface area contributed by atoms with E-state index in [-0.39, 0.29) is 34.0 Å². The van der Waals surface area contributed by atoms with Crippen LogP contribution in [0, 0.1) is 17.3 Å². The Morgan fingerprint density at radius 1 is 1.21 bits per heavy atom. The van der Waals surface area contributed by atoms with Crippen molar-refractivity contribution in [3.63, 3.8) is 0 Å². The van der Waals surface area contributed by atoms with Gasteiger partial charge in [0.25, 0.3) is 11.8 Å². The Balaban J connectivity index is 1.56. The smallest absolute Gasteiger partial charge is 0.423 e. The molecule has 0 radical (unpaired) electrons. The molecule has 1 aliphatic heterocycles. The molecule has 34 heavy (non-hydrogen) atoms. The molecule has 1 heterocycles. The van der Waals surface area contributed by atoms with Crippen LogP contribution in [-0.4, -0.2) is 55.0 Å². The fourth-order valence-corrected chi connectivity index (χ4v) is 7.39. The molecule has 3 N–H and O–H groups in total. The third-order valence-corrected chi connectivity index (χ3v) is 9.70. The van der Waals surface area contributed by atoms with Crippen molar-refractivity contribution >= 4 is 40.4 Å². The van der Waals surface area contributed by atoms with Crippen LogP contribution in [0.25, 0.3) is 0 Å². The summed E-state index contributed by atoms with van der Waals surface area (Å²) in [5.74, 6) is -1.59. The number of hydrogen-bond donors (Lipinski definition) is 3. The molecule has 5 rings (SSSR count). The Hall–Kier alpha value is -2.28. The van der Waals surface area contributed by atoms with Gasteiger partial charge < -0.3 is 14.9 Å². The second kappa shape index (κ2) is 8.44. The van der Waals surface area contributed by atoms with E-state index in [1.54, 1.807) is 12.1 Å². The minimum absolute atomic E-state index is 0.00478. The van der Waals surface area contributed by atoms with Crippen LogP contribution < -0.4 is 10.2 Å². The normalized spacial score (nSPS) is 28.0. The maximum absolute atomic E-state index is 12.9. The number of nitrogens with one attached hydrogen (secondary N) is 1. The van der Waals surface area contributed by atoms with E-state index >= 15 is 0 Å². The molecular weight excluding hydrogens is 463 g/mol. The highest BCUT2D eigenvalue weighted by atomic mass is 32.2. The molecule has 4 fully saturated rings. The van der Waals surface area contributed by atoms with Gasteiger partial charge in [0.15, 0.2) is 0 Å². The number of benzene rings is 1. The van der Waals surface area contributed by atoms with E-state index in [4.69, 9.17) is 0 Å². The van der Waals surface area contributed by atoms with Gasteiger partial charge in [-0.1, -0.05) is 32.9 Å². The van der Waals surface area contributed by atoms with Gasteiger partial charge in [0, 0.05) is 23.7 Å². The largest absolute Gasteiger partial charge is 0.489 e. The van der Waals surface area contributed by atoms with E-state index in [2.05, 4.69) is 25.6 Å². The Kier molecular flexibility index (Phi) is 6.16. The Morgan fingerprint density at radius 3 is 2.41 bits per heavy atom. The second-order valence-corrected chi connectivity index (χ2v) is 11.8. The third-order valence-electron chi connectivity index (χ3n) is 8.23. The highest BCUT2D eigenvalue weighted by Gasteiger charge is 2.65. The number of hydroxylamine groups is 2. The van der Waals surface area contributed by atoms with E-state index in [9.17, 15) is 32.8 Å². The number of amides is 2. The van der Waals surface area contributed by atoms with Crippen LogP contribution in [0.2, 0.25) is 0 Å². The van der Waals surface area contributed by atoms with Gasteiger partial charge in [0.05, 0.1) is 4.90 Å². The van der Waals surface area contributed by atoms with E-state index in [1.807, 2.05) is 4.72 Å². The van der Waals surface area contributed by atoms with Crippen LogP contribution in [-0.2, 0) is 34.7 Å². The molecule has 10 nitrogen and oxygen atoms in total. The first-order valence-electron chi connectivity index (χ1n) is 11.4.